The maximum atomic E-state index is 5.88. The van der Waals surface area contributed by atoms with E-state index in [1.54, 1.807) is 17.7 Å². The van der Waals surface area contributed by atoms with Crippen LogP contribution in [0.3, 0.4) is 0 Å². The molecule has 2 heterocycles. The van der Waals surface area contributed by atoms with Crippen LogP contribution in [0.5, 0.6) is 5.75 Å². The van der Waals surface area contributed by atoms with Crippen LogP contribution in [0.2, 0.25) is 0 Å². The second kappa shape index (κ2) is 7.76. The predicted octanol–water partition coefficient (Wildman–Crippen LogP) is 6.20. The van der Waals surface area contributed by atoms with Gasteiger partial charge in [0.25, 0.3) is 0 Å². The number of benzene rings is 2. The summed E-state index contributed by atoms with van der Waals surface area (Å²) in [4.78, 5) is 9.95. The molecular weight excluding hydrogens is 354 g/mol. The van der Waals surface area contributed by atoms with Crippen molar-refractivity contribution in [1.82, 2.24) is 9.97 Å². The predicted molar refractivity (Wildman–Crippen MR) is 113 cm³/mol. The maximum Gasteiger partial charge on any atom is 0.143 e. The third-order valence-electron chi connectivity index (χ3n) is 4.33. The molecule has 136 valence electrons. The van der Waals surface area contributed by atoms with Crippen molar-refractivity contribution >= 4 is 33.1 Å². The third kappa shape index (κ3) is 3.64. The van der Waals surface area contributed by atoms with Gasteiger partial charge in [0, 0.05) is 10.9 Å². The zero-order chi connectivity index (χ0) is 18.6. The summed E-state index contributed by atoms with van der Waals surface area (Å²) < 4.78 is 5.88. The topological polar surface area (TPSA) is 47.0 Å². The van der Waals surface area contributed by atoms with E-state index in [9.17, 15) is 0 Å². The van der Waals surface area contributed by atoms with Crippen LogP contribution in [0, 0.1) is 6.92 Å². The van der Waals surface area contributed by atoms with Gasteiger partial charge in [0.05, 0.1) is 17.7 Å². The zero-order valence-electron chi connectivity index (χ0n) is 15.4. The fourth-order valence-electron chi connectivity index (χ4n) is 2.95. The lowest BCUT2D eigenvalue weighted by Gasteiger charge is -2.13. The molecule has 0 aliphatic rings. The summed E-state index contributed by atoms with van der Waals surface area (Å²) in [6.07, 6.45) is 2.57. The van der Waals surface area contributed by atoms with Crippen molar-refractivity contribution in [3.63, 3.8) is 0 Å². The van der Waals surface area contributed by atoms with Gasteiger partial charge in [-0.15, -0.1) is 11.3 Å². The molecule has 4 rings (SSSR count). The van der Waals surface area contributed by atoms with Gasteiger partial charge < -0.3 is 10.1 Å². The summed E-state index contributed by atoms with van der Waals surface area (Å²) >= 11 is 1.63. The van der Waals surface area contributed by atoms with E-state index in [-0.39, 0.29) is 0 Å². The molecule has 0 aliphatic heterocycles. The number of hydrogen-bond acceptors (Lipinski definition) is 5. The van der Waals surface area contributed by atoms with Gasteiger partial charge in [0.1, 0.15) is 22.7 Å². The normalized spacial score (nSPS) is 10.9. The summed E-state index contributed by atoms with van der Waals surface area (Å²) in [7, 11) is 0. The van der Waals surface area contributed by atoms with E-state index >= 15 is 0 Å². The molecule has 0 fully saturated rings. The van der Waals surface area contributed by atoms with Crippen LogP contribution in [0.25, 0.3) is 21.3 Å². The van der Waals surface area contributed by atoms with Gasteiger partial charge in [0.2, 0.25) is 0 Å². The van der Waals surface area contributed by atoms with Gasteiger partial charge in [-0.25, -0.2) is 9.97 Å². The molecule has 2 aromatic heterocycles. The van der Waals surface area contributed by atoms with Crippen molar-refractivity contribution in [2.45, 2.75) is 20.3 Å². The highest BCUT2D eigenvalue weighted by molar-refractivity contribution is 7.17. The number of fused-ring (bicyclic) bond motifs is 1. The fourth-order valence-corrected chi connectivity index (χ4v) is 3.87. The number of ether oxygens (including phenoxy) is 1. The Balaban J connectivity index is 1.77. The van der Waals surface area contributed by atoms with E-state index in [4.69, 9.17) is 4.74 Å². The van der Waals surface area contributed by atoms with Crippen LogP contribution < -0.4 is 10.1 Å². The van der Waals surface area contributed by atoms with Gasteiger partial charge in [-0.1, -0.05) is 48.9 Å². The Morgan fingerprint density at radius 3 is 2.67 bits per heavy atom. The highest BCUT2D eigenvalue weighted by Crippen LogP contribution is 2.38. The summed E-state index contributed by atoms with van der Waals surface area (Å²) in [6.45, 7) is 4.88. The van der Waals surface area contributed by atoms with Gasteiger partial charge in [-0.05, 0) is 31.0 Å². The van der Waals surface area contributed by atoms with Crippen LogP contribution >= 0.6 is 11.3 Å². The van der Waals surface area contributed by atoms with E-state index in [1.165, 1.54) is 11.1 Å². The number of anilines is 2. The quantitative estimate of drug-likeness (QED) is 0.436. The average Bonchev–Trinajstić information content (AvgIpc) is 3.13. The molecule has 0 saturated carbocycles. The molecule has 0 unspecified atom stereocenters. The Morgan fingerprint density at radius 1 is 1.04 bits per heavy atom. The van der Waals surface area contributed by atoms with Crippen molar-refractivity contribution < 1.29 is 4.74 Å². The first kappa shape index (κ1) is 17.5. The lowest BCUT2D eigenvalue weighted by Crippen LogP contribution is -2.01. The molecule has 5 heteroatoms. The molecule has 4 aromatic rings. The van der Waals surface area contributed by atoms with Gasteiger partial charge in [0.15, 0.2) is 0 Å². The van der Waals surface area contributed by atoms with Crippen LogP contribution in [-0.4, -0.2) is 16.6 Å². The van der Waals surface area contributed by atoms with E-state index in [0.717, 1.165) is 39.5 Å². The number of nitrogens with zero attached hydrogens (tertiary/aromatic N) is 2. The lowest BCUT2D eigenvalue weighted by molar-refractivity contribution is 0.319. The highest BCUT2D eigenvalue weighted by Gasteiger charge is 2.14. The number of thiophene rings is 1. The van der Waals surface area contributed by atoms with Crippen LogP contribution in [-0.2, 0) is 0 Å². The standard InChI is InChI=1S/C22H21N3OS/c1-3-12-26-19-7-5-4-6-18(19)25-21-20-17(13-27-22(20)24-14-23-21)16-10-8-15(2)9-11-16/h4-11,13-14H,3,12H2,1-2H3,(H,23,24,25). The molecule has 0 amide bonds. The number of aromatic nitrogens is 2. The summed E-state index contributed by atoms with van der Waals surface area (Å²) in [5.74, 6) is 1.63. The Hall–Kier alpha value is -2.92. The largest absolute Gasteiger partial charge is 0.491 e. The van der Waals surface area contributed by atoms with Crippen molar-refractivity contribution in [3.8, 4) is 16.9 Å². The number of rotatable bonds is 6. The van der Waals surface area contributed by atoms with E-state index in [1.807, 2.05) is 24.3 Å². The Kier molecular flexibility index (Phi) is 5.03. The molecule has 0 aliphatic carbocycles. The second-order valence-corrected chi connectivity index (χ2v) is 7.25. The van der Waals surface area contributed by atoms with E-state index in [0.29, 0.717) is 6.61 Å². The first-order chi connectivity index (χ1) is 13.3. The lowest BCUT2D eigenvalue weighted by atomic mass is 10.0. The van der Waals surface area contributed by atoms with Crippen molar-refractivity contribution in [2.75, 3.05) is 11.9 Å². The van der Waals surface area contributed by atoms with E-state index < -0.39 is 0 Å². The zero-order valence-corrected chi connectivity index (χ0v) is 16.2. The highest BCUT2D eigenvalue weighted by atomic mass is 32.1. The number of hydrogen-bond donors (Lipinski definition) is 1. The van der Waals surface area contributed by atoms with Crippen LogP contribution in [0.15, 0.2) is 60.2 Å². The van der Waals surface area contributed by atoms with Crippen LogP contribution in [0.4, 0.5) is 11.5 Å². The van der Waals surface area contributed by atoms with Crippen LogP contribution in [0.1, 0.15) is 18.9 Å². The minimum atomic E-state index is 0.685. The summed E-state index contributed by atoms with van der Waals surface area (Å²) in [5, 5.41) is 6.65. The minimum absolute atomic E-state index is 0.685. The van der Waals surface area contributed by atoms with Gasteiger partial charge in [-0.3, -0.25) is 0 Å². The maximum absolute atomic E-state index is 5.88. The summed E-state index contributed by atoms with van der Waals surface area (Å²) in [6, 6.07) is 16.5. The molecule has 2 aromatic carbocycles. The van der Waals surface area contributed by atoms with Gasteiger partial charge >= 0.3 is 0 Å². The SMILES string of the molecule is CCCOc1ccccc1Nc1ncnc2scc(-c3ccc(C)cc3)c12. The number of para-hydroxylation sites is 2. The fraction of sp³-hybridized carbons (Fsp3) is 0.182. The second-order valence-electron chi connectivity index (χ2n) is 6.39. The van der Waals surface area contributed by atoms with Crippen molar-refractivity contribution in [2.24, 2.45) is 0 Å². The monoisotopic (exact) mass is 375 g/mol. The first-order valence-corrected chi connectivity index (χ1v) is 9.92. The van der Waals surface area contributed by atoms with Gasteiger partial charge in [-0.2, -0.15) is 0 Å². The average molecular weight is 375 g/mol. The number of aryl methyl sites for hydroxylation is 1. The summed E-state index contributed by atoms with van der Waals surface area (Å²) in [5.41, 5.74) is 4.46. The van der Waals surface area contributed by atoms with Crippen molar-refractivity contribution in [3.05, 3.63) is 65.8 Å². The number of nitrogens with one attached hydrogen (secondary N) is 1. The first-order valence-electron chi connectivity index (χ1n) is 9.04. The minimum Gasteiger partial charge on any atom is -0.491 e. The molecule has 4 nitrogen and oxygen atoms in total. The molecule has 27 heavy (non-hydrogen) atoms. The molecule has 0 radical (unpaired) electrons. The molecule has 0 saturated heterocycles. The molecule has 0 bridgehead atoms. The Morgan fingerprint density at radius 2 is 1.85 bits per heavy atom. The van der Waals surface area contributed by atoms with Crippen molar-refractivity contribution in [1.29, 1.82) is 0 Å². The van der Waals surface area contributed by atoms with E-state index in [2.05, 4.69) is 58.8 Å². The molecular formula is C22H21N3OS. The Labute approximate surface area is 162 Å². The Bertz CT molecular complexity index is 1060. The molecule has 0 atom stereocenters. The third-order valence-corrected chi connectivity index (χ3v) is 5.22. The smallest absolute Gasteiger partial charge is 0.143 e. The molecule has 0 spiro atoms. The molecule has 1 N–H and O–H groups in total.